The molecule has 0 saturated heterocycles. The third kappa shape index (κ3) is 7.04. The zero-order valence-corrected chi connectivity index (χ0v) is 24.0. The summed E-state index contributed by atoms with van der Waals surface area (Å²) in [6, 6.07) is 6.55. The number of aryl methyl sites for hydroxylation is 1. The van der Waals surface area contributed by atoms with Gasteiger partial charge in [-0.3, -0.25) is 14.2 Å². The van der Waals surface area contributed by atoms with Crippen LogP contribution in [0.15, 0.2) is 36.8 Å². The van der Waals surface area contributed by atoms with Crippen LogP contribution in [-0.2, 0) is 23.0 Å². The molecule has 1 unspecified atom stereocenters. The molecule has 1 aliphatic heterocycles. The first-order chi connectivity index (χ1) is 18.6. The SMILES string of the molecule is CN1CC(N(C)CCO)CCc2cc(Nc3ncc(Cl)c(NCc4nccnc4N(C)S(C)(=O)=O)n3)ccc21. The van der Waals surface area contributed by atoms with Gasteiger partial charge in [-0.2, -0.15) is 4.98 Å². The molecule has 3 aromatic rings. The molecule has 14 heteroatoms. The van der Waals surface area contributed by atoms with Gasteiger partial charge in [-0.15, -0.1) is 0 Å². The Hall–Kier alpha value is -3.26. The van der Waals surface area contributed by atoms with Crippen molar-refractivity contribution in [3.8, 4) is 0 Å². The number of benzene rings is 1. The summed E-state index contributed by atoms with van der Waals surface area (Å²) in [5.41, 5.74) is 3.68. The lowest BCUT2D eigenvalue weighted by atomic mass is 10.0. The van der Waals surface area contributed by atoms with Crippen LogP contribution in [0.3, 0.4) is 0 Å². The number of nitrogens with one attached hydrogen (secondary N) is 2. The molecule has 12 nitrogen and oxygen atoms in total. The predicted octanol–water partition coefficient (Wildman–Crippen LogP) is 2.35. The number of aliphatic hydroxyl groups is 1. The number of aromatic nitrogens is 4. The number of aliphatic hydroxyl groups excluding tert-OH is 1. The van der Waals surface area contributed by atoms with Gasteiger partial charge in [0.15, 0.2) is 11.6 Å². The monoisotopic (exact) mass is 575 g/mol. The van der Waals surface area contributed by atoms with E-state index in [2.05, 4.69) is 66.6 Å². The molecule has 0 amide bonds. The van der Waals surface area contributed by atoms with E-state index in [4.69, 9.17) is 11.6 Å². The Labute approximate surface area is 234 Å². The largest absolute Gasteiger partial charge is 0.395 e. The maximum Gasteiger partial charge on any atom is 0.233 e. The van der Waals surface area contributed by atoms with Gasteiger partial charge in [0.05, 0.1) is 25.6 Å². The van der Waals surface area contributed by atoms with Crippen LogP contribution >= 0.6 is 11.6 Å². The highest BCUT2D eigenvalue weighted by Crippen LogP contribution is 2.31. The van der Waals surface area contributed by atoms with Crippen LogP contribution in [0.4, 0.5) is 29.0 Å². The highest BCUT2D eigenvalue weighted by atomic mass is 35.5. The van der Waals surface area contributed by atoms with Crippen LogP contribution in [0.2, 0.25) is 5.02 Å². The van der Waals surface area contributed by atoms with Crippen LogP contribution in [0.25, 0.3) is 0 Å². The van der Waals surface area contributed by atoms with E-state index in [1.54, 1.807) is 0 Å². The van der Waals surface area contributed by atoms with E-state index < -0.39 is 10.0 Å². The van der Waals surface area contributed by atoms with Crippen molar-refractivity contribution in [3.05, 3.63) is 53.1 Å². The number of likely N-dealkylation sites (N-methyl/N-ethyl adjacent to an activating group) is 2. The Bertz CT molecular complexity index is 1410. The number of hydrogen-bond donors (Lipinski definition) is 3. The molecular weight excluding hydrogens is 542 g/mol. The normalized spacial score (nSPS) is 15.6. The molecule has 1 aromatic carbocycles. The van der Waals surface area contributed by atoms with Gasteiger partial charge in [-0.25, -0.2) is 18.4 Å². The van der Waals surface area contributed by atoms with E-state index in [1.807, 2.05) is 6.07 Å². The fourth-order valence-electron chi connectivity index (χ4n) is 4.52. The molecule has 0 spiro atoms. The van der Waals surface area contributed by atoms with Crippen molar-refractivity contribution in [1.82, 2.24) is 24.8 Å². The minimum absolute atomic E-state index is 0.146. The number of hydrogen-bond acceptors (Lipinski definition) is 11. The minimum Gasteiger partial charge on any atom is -0.395 e. The highest BCUT2D eigenvalue weighted by Gasteiger charge is 2.23. The first-order valence-electron chi connectivity index (χ1n) is 12.5. The lowest BCUT2D eigenvalue weighted by Gasteiger charge is -2.30. The van der Waals surface area contributed by atoms with Crippen molar-refractivity contribution in [3.63, 3.8) is 0 Å². The van der Waals surface area contributed by atoms with Crippen LogP contribution < -0.4 is 19.8 Å². The molecule has 0 saturated carbocycles. The molecular formula is C25H34ClN9O3S. The van der Waals surface area contributed by atoms with Crippen molar-refractivity contribution in [1.29, 1.82) is 0 Å². The minimum atomic E-state index is -3.51. The average molecular weight is 576 g/mol. The summed E-state index contributed by atoms with van der Waals surface area (Å²) in [5.74, 6) is 0.949. The maximum atomic E-state index is 12.0. The Balaban J connectivity index is 1.48. The summed E-state index contributed by atoms with van der Waals surface area (Å²) in [7, 11) is 2.06. The Morgan fingerprint density at radius 2 is 1.97 bits per heavy atom. The summed E-state index contributed by atoms with van der Waals surface area (Å²) in [4.78, 5) is 21.8. The number of halogens is 1. The lowest BCUT2D eigenvalue weighted by molar-refractivity contribution is 0.177. The fourth-order valence-corrected chi connectivity index (χ4v) is 5.14. The Morgan fingerprint density at radius 1 is 1.21 bits per heavy atom. The number of sulfonamides is 1. The van der Waals surface area contributed by atoms with Crippen LogP contribution in [0.5, 0.6) is 0 Å². The van der Waals surface area contributed by atoms with Crippen molar-refractivity contribution in [2.75, 3.05) is 66.9 Å². The third-order valence-corrected chi connectivity index (χ3v) is 8.21. The van der Waals surface area contributed by atoms with Gasteiger partial charge >= 0.3 is 0 Å². The predicted molar refractivity (Wildman–Crippen MR) is 154 cm³/mol. The number of fused-ring (bicyclic) bond motifs is 1. The van der Waals surface area contributed by atoms with Gasteiger partial charge < -0.3 is 20.6 Å². The van der Waals surface area contributed by atoms with Crippen LogP contribution in [0, 0.1) is 0 Å². The molecule has 39 heavy (non-hydrogen) atoms. The number of nitrogens with zero attached hydrogens (tertiary/aromatic N) is 7. The molecule has 4 rings (SSSR count). The van der Waals surface area contributed by atoms with Gasteiger partial charge in [0.25, 0.3) is 0 Å². The van der Waals surface area contributed by atoms with Gasteiger partial charge in [-0.1, -0.05) is 11.6 Å². The third-order valence-electron chi connectivity index (χ3n) is 6.77. The maximum absolute atomic E-state index is 12.0. The summed E-state index contributed by atoms with van der Waals surface area (Å²) >= 11 is 6.35. The second-order valence-electron chi connectivity index (χ2n) is 9.55. The summed E-state index contributed by atoms with van der Waals surface area (Å²) < 4.78 is 25.1. The summed E-state index contributed by atoms with van der Waals surface area (Å²) in [6.07, 6.45) is 7.43. The molecule has 0 aliphatic carbocycles. The second kappa shape index (κ2) is 12.3. The van der Waals surface area contributed by atoms with Crippen molar-refractivity contribution < 1.29 is 13.5 Å². The molecule has 0 bridgehead atoms. The second-order valence-corrected chi connectivity index (χ2v) is 12.0. The molecule has 0 radical (unpaired) electrons. The fraction of sp³-hybridized carbons (Fsp3) is 0.440. The highest BCUT2D eigenvalue weighted by molar-refractivity contribution is 7.92. The smallest absolute Gasteiger partial charge is 0.233 e. The number of anilines is 5. The Morgan fingerprint density at radius 3 is 2.72 bits per heavy atom. The molecule has 210 valence electrons. The Kier molecular flexibility index (Phi) is 9.05. The quantitative estimate of drug-likeness (QED) is 0.328. The molecule has 2 aromatic heterocycles. The van der Waals surface area contributed by atoms with E-state index in [1.165, 1.54) is 36.9 Å². The van der Waals surface area contributed by atoms with E-state index in [9.17, 15) is 13.5 Å². The van der Waals surface area contributed by atoms with Gasteiger partial charge in [0, 0.05) is 57.0 Å². The first kappa shape index (κ1) is 28.7. The zero-order valence-electron chi connectivity index (χ0n) is 22.5. The van der Waals surface area contributed by atoms with E-state index in [-0.39, 0.29) is 19.0 Å². The van der Waals surface area contributed by atoms with E-state index in [0.29, 0.717) is 35.1 Å². The van der Waals surface area contributed by atoms with Crippen molar-refractivity contribution in [2.45, 2.75) is 25.4 Å². The van der Waals surface area contributed by atoms with Crippen molar-refractivity contribution in [2.24, 2.45) is 0 Å². The van der Waals surface area contributed by atoms with Gasteiger partial charge in [-0.05, 0) is 43.7 Å². The first-order valence-corrected chi connectivity index (χ1v) is 14.7. The van der Waals surface area contributed by atoms with Crippen LogP contribution in [-0.4, -0.2) is 91.5 Å². The molecule has 3 heterocycles. The zero-order chi connectivity index (χ0) is 28.2. The molecule has 1 aliphatic rings. The topological polar surface area (TPSA) is 140 Å². The number of rotatable bonds is 10. The standard InChI is InChI=1S/C25H34ClN9O3S/c1-33(11-12-36)19-7-5-17-13-18(6-8-22(17)34(2)16-19)31-25-30-14-20(26)23(32-25)29-15-21-24(28-10-9-27-21)35(3)39(4,37)38/h6,8-10,13-14,19,36H,5,7,11-12,15-16H2,1-4H3,(H2,29,30,31,32). The summed E-state index contributed by atoms with van der Waals surface area (Å²) in [6.45, 7) is 1.83. The molecule has 1 atom stereocenters. The summed E-state index contributed by atoms with van der Waals surface area (Å²) in [5, 5.41) is 16.0. The molecule has 3 N–H and O–H groups in total. The van der Waals surface area contributed by atoms with Crippen molar-refractivity contribution >= 4 is 50.6 Å². The lowest BCUT2D eigenvalue weighted by Crippen LogP contribution is -2.41. The van der Waals surface area contributed by atoms with E-state index in [0.717, 1.165) is 35.6 Å². The average Bonchev–Trinajstić information content (AvgIpc) is 3.06. The van der Waals surface area contributed by atoms with Gasteiger partial charge in [0.2, 0.25) is 16.0 Å². The van der Waals surface area contributed by atoms with Gasteiger partial charge in [0.1, 0.15) is 10.7 Å². The van der Waals surface area contributed by atoms with Crippen LogP contribution in [0.1, 0.15) is 17.7 Å². The molecule has 0 fully saturated rings. The van der Waals surface area contributed by atoms with E-state index >= 15 is 0 Å².